The normalized spacial score (nSPS) is 14.4. The Bertz CT molecular complexity index is 516. The Kier molecular flexibility index (Phi) is 1.72. The second-order valence-corrected chi connectivity index (χ2v) is 4.69. The fraction of sp³-hybridized carbons (Fsp3) is 0.333. The minimum absolute atomic E-state index is 0.155. The molecule has 0 saturated carbocycles. The molecule has 0 radical (unpaired) electrons. The van der Waals surface area contributed by atoms with Crippen molar-refractivity contribution in [2.24, 2.45) is 0 Å². The molecule has 2 heterocycles. The molecule has 1 aliphatic rings. The van der Waals surface area contributed by atoms with Gasteiger partial charge in [-0.3, -0.25) is 0 Å². The number of nitrogen functional groups attached to an aromatic ring is 2. The number of nitrogens with two attached hydrogens (primary N) is 2. The molecule has 3 rings (SSSR count). The van der Waals surface area contributed by atoms with Crippen molar-refractivity contribution in [1.82, 2.24) is 10.1 Å². The maximum atomic E-state index is 5.94. The number of hydrogen-bond donors (Lipinski definition) is 2. The minimum Gasteiger partial charge on any atom is -0.390 e. The summed E-state index contributed by atoms with van der Waals surface area (Å²) in [4.78, 5) is 5.36. The zero-order valence-electron chi connectivity index (χ0n) is 7.99. The summed E-state index contributed by atoms with van der Waals surface area (Å²) in [7, 11) is 0. The minimum atomic E-state index is 0.155. The molecule has 0 fully saturated rings. The zero-order chi connectivity index (χ0) is 10.4. The third-order valence-corrected chi connectivity index (χ3v) is 3.73. The molecule has 2 aromatic rings. The van der Waals surface area contributed by atoms with Crippen LogP contribution in [0.3, 0.4) is 0 Å². The highest BCUT2D eigenvalue weighted by atomic mass is 32.1. The highest BCUT2D eigenvalue weighted by Crippen LogP contribution is 2.42. The molecular formula is C9H10N4OS. The standard InChI is InChI=1S/C9H10N4OS/c10-7-6(8-12-9(11)13-14-8)4-2-1-3-5(4)15-7/h1-3,10H2,(H2,11,13). The predicted molar refractivity (Wildman–Crippen MR) is 58.5 cm³/mol. The van der Waals surface area contributed by atoms with Crippen molar-refractivity contribution in [2.45, 2.75) is 19.3 Å². The first-order chi connectivity index (χ1) is 7.25. The van der Waals surface area contributed by atoms with E-state index in [1.807, 2.05) is 0 Å². The van der Waals surface area contributed by atoms with Crippen LogP contribution in [0.5, 0.6) is 0 Å². The van der Waals surface area contributed by atoms with Gasteiger partial charge in [-0.05, 0) is 30.0 Å². The van der Waals surface area contributed by atoms with E-state index in [1.165, 1.54) is 16.9 Å². The van der Waals surface area contributed by atoms with Gasteiger partial charge in [-0.15, -0.1) is 11.3 Å². The monoisotopic (exact) mass is 222 g/mol. The average molecular weight is 222 g/mol. The summed E-state index contributed by atoms with van der Waals surface area (Å²) < 4.78 is 5.06. The van der Waals surface area contributed by atoms with E-state index < -0.39 is 0 Å². The van der Waals surface area contributed by atoms with Crippen LogP contribution in [0.4, 0.5) is 10.9 Å². The van der Waals surface area contributed by atoms with Crippen molar-refractivity contribution in [2.75, 3.05) is 11.5 Å². The summed E-state index contributed by atoms with van der Waals surface area (Å²) in [5.74, 6) is 0.603. The summed E-state index contributed by atoms with van der Waals surface area (Å²) in [5, 5.41) is 4.33. The van der Waals surface area contributed by atoms with Crippen LogP contribution in [0.25, 0.3) is 11.5 Å². The van der Waals surface area contributed by atoms with Crippen molar-refractivity contribution in [1.29, 1.82) is 0 Å². The number of anilines is 2. The average Bonchev–Trinajstić information content (AvgIpc) is 2.81. The number of rotatable bonds is 1. The smallest absolute Gasteiger partial charge is 0.262 e. The van der Waals surface area contributed by atoms with Gasteiger partial charge < -0.3 is 16.0 Å². The van der Waals surface area contributed by atoms with Crippen molar-refractivity contribution >= 4 is 22.3 Å². The SMILES string of the molecule is Nc1noc(-c2c(N)sc3c2CCC3)n1. The van der Waals surface area contributed by atoms with E-state index in [0.29, 0.717) is 5.89 Å². The van der Waals surface area contributed by atoms with Gasteiger partial charge in [0.15, 0.2) is 0 Å². The molecule has 4 N–H and O–H groups in total. The van der Waals surface area contributed by atoms with Crippen LogP contribution in [0, 0.1) is 0 Å². The van der Waals surface area contributed by atoms with Crippen molar-refractivity contribution in [3.63, 3.8) is 0 Å². The van der Waals surface area contributed by atoms with Crippen molar-refractivity contribution in [3.8, 4) is 11.5 Å². The topological polar surface area (TPSA) is 91.0 Å². The molecule has 0 aromatic carbocycles. The Hall–Kier alpha value is -1.56. The van der Waals surface area contributed by atoms with E-state index in [-0.39, 0.29) is 5.95 Å². The van der Waals surface area contributed by atoms with E-state index in [2.05, 4.69) is 10.1 Å². The quantitative estimate of drug-likeness (QED) is 0.762. The van der Waals surface area contributed by atoms with Crippen LogP contribution in [-0.4, -0.2) is 10.1 Å². The Labute approximate surface area is 90.1 Å². The van der Waals surface area contributed by atoms with Gasteiger partial charge in [0.25, 0.3) is 11.8 Å². The molecule has 0 amide bonds. The number of aromatic nitrogens is 2. The van der Waals surface area contributed by atoms with E-state index in [9.17, 15) is 0 Å². The van der Waals surface area contributed by atoms with Gasteiger partial charge in [0.2, 0.25) is 0 Å². The third-order valence-electron chi connectivity index (χ3n) is 2.60. The van der Waals surface area contributed by atoms with Crippen molar-refractivity contribution < 1.29 is 4.52 Å². The Balaban J connectivity index is 2.19. The molecule has 6 heteroatoms. The second-order valence-electron chi connectivity index (χ2n) is 3.55. The Morgan fingerprint density at radius 1 is 1.27 bits per heavy atom. The molecular weight excluding hydrogens is 212 g/mol. The first-order valence-electron chi connectivity index (χ1n) is 4.75. The van der Waals surface area contributed by atoms with Gasteiger partial charge in [-0.25, -0.2) is 0 Å². The first kappa shape index (κ1) is 8.72. The molecule has 0 aliphatic heterocycles. The van der Waals surface area contributed by atoms with E-state index in [4.69, 9.17) is 16.0 Å². The highest BCUT2D eigenvalue weighted by molar-refractivity contribution is 7.16. The third kappa shape index (κ3) is 1.21. The molecule has 78 valence electrons. The van der Waals surface area contributed by atoms with Crippen LogP contribution < -0.4 is 11.5 Å². The second kappa shape index (κ2) is 2.96. The fourth-order valence-electron chi connectivity index (χ4n) is 2.00. The number of fused-ring (bicyclic) bond motifs is 1. The van der Waals surface area contributed by atoms with Crippen LogP contribution >= 0.6 is 11.3 Å². The van der Waals surface area contributed by atoms with Gasteiger partial charge in [-0.1, -0.05) is 0 Å². The number of hydrogen-bond acceptors (Lipinski definition) is 6. The lowest BCUT2D eigenvalue weighted by molar-refractivity contribution is 0.433. The zero-order valence-corrected chi connectivity index (χ0v) is 8.80. The highest BCUT2D eigenvalue weighted by Gasteiger charge is 2.25. The molecule has 0 spiro atoms. The Morgan fingerprint density at radius 3 is 2.87 bits per heavy atom. The summed E-state index contributed by atoms with van der Waals surface area (Å²) >= 11 is 1.62. The van der Waals surface area contributed by atoms with E-state index in [1.54, 1.807) is 11.3 Å². The number of thiophene rings is 1. The molecule has 15 heavy (non-hydrogen) atoms. The lowest BCUT2D eigenvalue weighted by Gasteiger charge is -1.95. The van der Waals surface area contributed by atoms with Crippen molar-refractivity contribution in [3.05, 3.63) is 10.4 Å². The summed E-state index contributed by atoms with van der Waals surface area (Å²) in [6, 6.07) is 0. The summed E-state index contributed by atoms with van der Waals surface area (Å²) in [6.07, 6.45) is 3.33. The molecule has 0 bridgehead atoms. The van der Waals surface area contributed by atoms with Gasteiger partial charge in [0, 0.05) is 4.88 Å². The van der Waals surface area contributed by atoms with Gasteiger partial charge in [-0.2, -0.15) is 4.98 Å². The number of nitrogens with zero attached hydrogens (tertiary/aromatic N) is 2. The molecule has 2 aromatic heterocycles. The summed E-state index contributed by atoms with van der Waals surface area (Å²) in [6.45, 7) is 0. The largest absolute Gasteiger partial charge is 0.390 e. The van der Waals surface area contributed by atoms with Gasteiger partial charge in [0.1, 0.15) is 0 Å². The maximum Gasteiger partial charge on any atom is 0.262 e. The van der Waals surface area contributed by atoms with Gasteiger partial charge >= 0.3 is 0 Å². The molecule has 1 aliphatic carbocycles. The lowest BCUT2D eigenvalue weighted by Crippen LogP contribution is -1.89. The lowest BCUT2D eigenvalue weighted by atomic mass is 10.1. The summed E-state index contributed by atoms with van der Waals surface area (Å²) in [5.41, 5.74) is 13.5. The molecule has 0 atom stereocenters. The van der Waals surface area contributed by atoms with Gasteiger partial charge in [0.05, 0.1) is 10.6 Å². The Morgan fingerprint density at radius 2 is 2.13 bits per heavy atom. The predicted octanol–water partition coefficient (Wildman–Crippen LogP) is 1.45. The van der Waals surface area contributed by atoms with Crippen LogP contribution in [0.1, 0.15) is 16.9 Å². The van der Waals surface area contributed by atoms with Crippen LogP contribution in [0.2, 0.25) is 0 Å². The first-order valence-corrected chi connectivity index (χ1v) is 5.57. The number of aryl methyl sites for hydroxylation is 1. The molecule has 5 nitrogen and oxygen atoms in total. The fourth-order valence-corrected chi connectivity index (χ4v) is 3.15. The molecule has 0 saturated heterocycles. The maximum absolute atomic E-state index is 5.94. The molecule has 0 unspecified atom stereocenters. The van der Waals surface area contributed by atoms with Crippen LogP contribution in [-0.2, 0) is 12.8 Å². The van der Waals surface area contributed by atoms with E-state index >= 15 is 0 Å². The van der Waals surface area contributed by atoms with E-state index in [0.717, 1.165) is 23.4 Å². The van der Waals surface area contributed by atoms with Crippen LogP contribution in [0.15, 0.2) is 4.52 Å².